The van der Waals surface area contributed by atoms with Crippen LogP contribution in [0.3, 0.4) is 0 Å². The summed E-state index contributed by atoms with van der Waals surface area (Å²) in [6.45, 7) is 2.56. The summed E-state index contributed by atoms with van der Waals surface area (Å²) in [7, 11) is 0. The Balaban J connectivity index is 1.95. The molecular weight excluding hydrogens is 321 g/mol. The lowest BCUT2D eigenvalue weighted by atomic mass is 10.0. The van der Waals surface area contributed by atoms with Crippen LogP contribution in [-0.4, -0.2) is 35.9 Å². The molecule has 134 valence electrons. The van der Waals surface area contributed by atoms with Crippen molar-refractivity contribution in [3.63, 3.8) is 0 Å². The van der Waals surface area contributed by atoms with Gasteiger partial charge in [0.15, 0.2) is 5.60 Å². The maximum atomic E-state index is 12.6. The van der Waals surface area contributed by atoms with Crippen molar-refractivity contribution in [1.29, 1.82) is 0 Å². The van der Waals surface area contributed by atoms with Crippen LogP contribution in [0.1, 0.15) is 39.0 Å². The smallest absolute Gasteiger partial charge is 0.380 e. The third-order valence-electron chi connectivity index (χ3n) is 4.24. The second kappa shape index (κ2) is 7.42. The van der Waals surface area contributed by atoms with Gasteiger partial charge in [0.1, 0.15) is 0 Å². The van der Waals surface area contributed by atoms with E-state index >= 15 is 0 Å². The zero-order valence-corrected chi connectivity index (χ0v) is 13.7. The van der Waals surface area contributed by atoms with Gasteiger partial charge in [-0.15, -0.1) is 0 Å². The van der Waals surface area contributed by atoms with Crippen molar-refractivity contribution in [1.82, 2.24) is 0 Å². The lowest BCUT2D eigenvalue weighted by Crippen LogP contribution is -2.44. The van der Waals surface area contributed by atoms with Gasteiger partial charge in [0.2, 0.25) is 5.91 Å². The Morgan fingerprint density at radius 1 is 1.12 bits per heavy atom. The SMILES string of the molecule is C[C@](O)(CC(=O)Nc1ccc(N2CCCCCC2)cc1)C(F)(F)F. The van der Waals surface area contributed by atoms with E-state index in [-0.39, 0.29) is 0 Å². The first-order valence-corrected chi connectivity index (χ1v) is 8.13. The molecule has 0 aromatic heterocycles. The fourth-order valence-corrected chi connectivity index (χ4v) is 2.70. The van der Waals surface area contributed by atoms with Crippen LogP contribution in [0.5, 0.6) is 0 Å². The molecule has 0 aliphatic carbocycles. The lowest BCUT2D eigenvalue weighted by molar-refractivity contribution is -0.252. The molecular formula is C17H23F3N2O2. The summed E-state index contributed by atoms with van der Waals surface area (Å²) in [6, 6.07) is 7.03. The van der Waals surface area contributed by atoms with Gasteiger partial charge in [-0.1, -0.05) is 12.8 Å². The largest absolute Gasteiger partial charge is 0.417 e. The van der Waals surface area contributed by atoms with Gasteiger partial charge in [-0.2, -0.15) is 13.2 Å². The number of carbonyl (C=O) groups is 1. The quantitative estimate of drug-likeness (QED) is 0.875. The molecule has 0 radical (unpaired) electrons. The van der Waals surface area contributed by atoms with Crippen LogP contribution in [0.25, 0.3) is 0 Å². The van der Waals surface area contributed by atoms with Crippen LogP contribution < -0.4 is 10.2 Å². The number of anilines is 2. The number of alkyl halides is 3. The monoisotopic (exact) mass is 344 g/mol. The summed E-state index contributed by atoms with van der Waals surface area (Å²) in [4.78, 5) is 14.0. The number of rotatable bonds is 4. The minimum absolute atomic E-state index is 0.413. The molecule has 0 saturated carbocycles. The normalized spacial score (nSPS) is 18.6. The molecule has 4 nitrogen and oxygen atoms in total. The van der Waals surface area contributed by atoms with E-state index < -0.39 is 24.1 Å². The van der Waals surface area contributed by atoms with Gasteiger partial charge in [-0.3, -0.25) is 4.79 Å². The Hall–Kier alpha value is -1.76. The molecule has 1 aliphatic heterocycles. The topological polar surface area (TPSA) is 52.6 Å². The number of nitrogens with one attached hydrogen (secondary N) is 1. The fraction of sp³-hybridized carbons (Fsp3) is 0.588. The Labute approximate surface area is 139 Å². The number of amides is 1. The third-order valence-corrected chi connectivity index (χ3v) is 4.24. The Morgan fingerprint density at radius 3 is 2.17 bits per heavy atom. The van der Waals surface area contributed by atoms with E-state index in [1.54, 1.807) is 12.1 Å². The van der Waals surface area contributed by atoms with Crippen LogP contribution in [0, 0.1) is 0 Å². The van der Waals surface area contributed by atoms with Gasteiger partial charge in [0, 0.05) is 24.5 Å². The molecule has 0 bridgehead atoms. The molecule has 0 unspecified atom stereocenters. The van der Waals surface area contributed by atoms with Crippen LogP contribution in [-0.2, 0) is 4.79 Å². The van der Waals surface area contributed by atoms with Gasteiger partial charge in [0.25, 0.3) is 0 Å². The Kier molecular flexibility index (Phi) is 5.74. The van der Waals surface area contributed by atoms with Crippen LogP contribution in [0.15, 0.2) is 24.3 Å². The van der Waals surface area contributed by atoms with E-state index in [0.29, 0.717) is 12.6 Å². The van der Waals surface area contributed by atoms with Gasteiger partial charge in [0.05, 0.1) is 6.42 Å². The first kappa shape index (κ1) is 18.6. The highest BCUT2D eigenvalue weighted by molar-refractivity contribution is 5.91. The molecule has 1 saturated heterocycles. The second-order valence-electron chi connectivity index (χ2n) is 6.44. The Morgan fingerprint density at radius 2 is 1.67 bits per heavy atom. The van der Waals surface area contributed by atoms with Crippen LogP contribution >= 0.6 is 0 Å². The van der Waals surface area contributed by atoms with Crippen molar-refractivity contribution < 1.29 is 23.1 Å². The number of nitrogens with zero attached hydrogens (tertiary/aromatic N) is 1. The van der Waals surface area contributed by atoms with E-state index in [4.69, 9.17) is 0 Å². The molecule has 1 aromatic rings. The van der Waals surface area contributed by atoms with Crippen LogP contribution in [0.4, 0.5) is 24.5 Å². The van der Waals surface area contributed by atoms with E-state index in [2.05, 4.69) is 10.2 Å². The molecule has 1 aliphatic rings. The molecule has 2 rings (SSSR count). The summed E-state index contributed by atoms with van der Waals surface area (Å²) in [5, 5.41) is 11.7. The average Bonchev–Trinajstić information content (AvgIpc) is 2.75. The third kappa shape index (κ3) is 4.87. The van der Waals surface area contributed by atoms with Gasteiger partial charge >= 0.3 is 6.18 Å². The standard InChI is InChI=1S/C17H23F3N2O2/c1-16(24,17(18,19)20)12-15(23)21-13-6-8-14(9-7-13)22-10-4-2-3-5-11-22/h6-9,24H,2-5,10-12H2,1H3,(H,21,23)/t16-/m0/s1. The fourth-order valence-electron chi connectivity index (χ4n) is 2.70. The molecule has 1 fully saturated rings. The van der Waals surface area contributed by atoms with Gasteiger partial charge in [-0.25, -0.2) is 0 Å². The minimum atomic E-state index is -4.85. The average molecular weight is 344 g/mol. The second-order valence-corrected chi connectivity index (χ2v) is 6.44. The number of hydrogen-bond acceptors (Lipinski definition) is 3. The van der Waals surface area contributed by atoms with Crippen molar-refractivity contribution in [2.24, 2.45) is 0 Å². The summed E-state index contributed by atoms with van der Waals surface area (Å²) in [6.07, 6.45) is -1.14. The van der Waals surface area contributed by atoms with E-state index in [1.807, 2.05) is 12.1 Å². The van der Waals surface area contributed by atoms with Gasteiger partial charge in [-0.05, 0) is 44.0 Å². The molecule has 1 aromatic carbocycles. The molecule has 7 heteroatoms. The van der Waals surface area contributed by atoms with E-state index in [1.165, 1.54) is 12.8 Å². The number of halogens is 3. The molecule has 0 spiro atoms. The van der Waals surface area contributed by atoms with E-state index in [9.17, 15) is 23.1 Å². The summed E-state index contributed by atoms with van der Waals surface area (Å²) in [5.41, 5.74) is -1.59. The molecule has 2 N–H and O–H groups in total. The molecule has 1 heterocycles. The van der Waals surface area contributed by atoms with Gasteiger partial charge < -0.3 is 15.3 Å². The highest BCUT2D eigenvalue weighted by Gasteiger charge is 2.50. The number of hydrogen-bond donors (Lipinski definition) is 2. The highest BCUT2D eigenvalue weighted by atomic mass is 19.4. The number of aliphatic hydroxyl groups is 1. The molecule has 1 atom stereocenters. The predicted octanol–water partition coefficient (Wildman–Crippen LogP) is 3.71. The van der Waals surface area contributed by atoms with E-state index in [0.717, 1.165) is 31.6 Å². The van der Waals surface area contributed by atoms with Crippen molar-refractivity contribution in [3.8, 4) is 0 Å². The first-order chi connectivity index (χ1) is 11.2. The van der Waals surface area contributed by atoms with Crippen molar-refractivity contribution in [2.45, 2.75) is 50.8 Å². The molecule has 24 heavy (non-hydrogen) atoms. The summed E-state index contributed by atoms with van der Waals surface area (Å²) in [5.74, 6) is -0.875. The number of carbonyl (C=O) groups excluding carboxylic acids is 1. The van der Waals surface area contributed by atoms with Crippen molar-refractivity contribution >= 4 is 17.3 Å². The van der Waals surface area contributed by atoms with Crippen molar-refractivity contribution in [2.75, 3.05) is 23.3 Å². The minimum Gasteiger partial charge on any atom is -0.380 e. The predicted molar refractivity (Wildman–Crippen MR) is 87.0 cm³/mol. The summed E-state index contributed by atoms with van der Waals surface area (Å²) < 4.78 is 37.8. The first-order valence-electron chi connectivity index (χ1n) is 8.13. The highest BCUT2D eigenvalue weighted by Crippen LogP contribution is 2.33. The van der Waals surface area contributed by atoms with Crippen molar-refractivity contribution in [3.05, 3.63) is 24.3 Å². The maximum absolute atomic E-state index is 12.6. The maximum Gasteiger partial charge on any atom is 0.417 e. The zero-order valence-electron chi connectivity index (χ0n) is 13.7. The number of benzene rings is 1. The molecule has 1 amide bonds. The zero-order chi connectivity index (χ0) is 17.8. The summed E-state index contributed by atoms with van der Waals surface area (Å²) >= 11 is 0. The van der Waals surface area contributed by atoms with Crippen LogP contribution in [0.2, 0.25) is 0 Å². The lowest BCUT2D eigenvalue weighted by Gasteiger charge is -2.25. The Bertz CT molecular complexity index is 548.